The first-order valence-corrected chi connectivity index (χ1v) is 16.2. The van der Waals surface area contributed by atoms with Crippen LogP contribution in [0.3, 0.4) is 0 Å². The molecule has 1 fully saturated rings. The molecule has 5 rings (SSSR count). The van der Waals surface area contributed by atoms with E-state index in [4.69, 9.17) is 9.72 Å². The van der Waals surface area contributed by atoms with E-state index in [0.29, 0.717) is 5.56 Å². The van der Waals surface area contributed by atoms with Crippen molar-refractivity contribution in [3.63, 3.8) is 0 Å². The third-order valence-electron chi connectivity index (χ3n) is 9.53. The molecule has 6 nitrogen and oxygen atoms in total. The number of benzene rings is 2. The number of ether oxygens (including phenoxy) is 1. The van der Waals surface area contributed by atoms with Gasteiger partial charge in [0.1, 0.15) is 0 Å². The lowest BCUT2D eigenvalue weighted by Crippen LogP contribution is -2.39. The molecule has 1 saturated heterocycles. The number of fused-ring (bicyclic) bond motifs is 1. The number of anilines is 1. The molecule has 2 aromatic carbocycles. The summed E-state index contributed by atoms with van der Waals surface area (Å²) in [6.45, 7) is 23.4. The second kappa shape index (κ2) is 12.3. The minimum Gasteiger partial charge on any atom is -0.479 e. The molecule has 1 unspecified atom stereocenters. The van der Waals surface area contributed by atoms with Gasteiger partial charge in [0.05, 0.1) is 11.3 Å². The van der Waals surface area contributed by atoms with Crippen LogP contribution in [-0.2, 0) is 29.0 Å². The largest absolute Gasteiger partial charge is 0.479 e. The monoisotopic (exact) mass is 597 g/mol. The second-order valence-electron chi connectivity index (χ2n) is 14.9. The second-order valence-corrected chi connectivity index (χ2v) is 14.9. The van der Waals surface area contributed by atoms with Gasteiger partial charge in [0.15, 0.2) is 6.10 Å². The number of nitrogens with zero attached hydrogens (tertiary/aromatic N) is 3. The van der Waals surface area contributed by atoms with Crippen LogP contribution in [0.1, 0.15) is 98.3 Å². The number of hydrogen-bond acceptors (Lipinski definition) is 5. The first-order valence-electron chi connectivity index (χ1n) is 16.2. The van der Waals surface area contributed by atoms with E-state index in [1.54, 1.807) is 0 Å². The van der Waals surface area contributed by atoms with Gasteiger partial charge < -0.3 is 14.7 Å². The molecular formula is C38H51N3O3. The van der Waals surface area contributed by atoms with Gasteiger partial charge in [-0.1, -0.05) is 50.2 Å². The van der Waals surface area contributed by atoms with Crippen LogP contribution in [0.25, 0.3) is 11.1 Å². The summed E-state index contributed by atoms with van der Waals surface area (Å²) in [6.07, 6.45) is 1.97. The summed E-state index contributed by atoms with van der Waals surface area (Å²) in [7, 11) is 0. The SMILES string of the molecule is Cc1ccc(CN2CCc3cc(-c4c(C)nc(C)c(C(OC(C)(C)C)C(=O)O)c4N4CCC(C)(C)CC4)ccc3C2)cc1C. The third kappa shape index (κ3) is 7.02. The molecule has 236 valence electrons. The standard InChI is InChI=1S/C38H51N3O3/c1-24-10-11-28(20-25(24)2)22-40-17-14-29-21-30(12-13-31(29)23-40)32-26(3)39-27(4)33(35(36(42)43)44-37(5,6)7)34(32)41-18-15-38(8,9)16-19-41/h10-13,20-21,35H,14-19,22-23H2,1-9H3,(H,42,43). The first-order chi connectivity index (χ1) is 20.6. The zero-order valence-corrected chi connectivity index (χ0v) is 28.3. The highest BCUT2D eigenvalue weighted by Crippen LogP contribution is 2.45. The third-order valence-corrected chi connectivity index (χ3v) is 9.53. The van der Waals surface area contributed by atoms with Crippen molar-refractivity contribution in [1.29, 1.82) is 0 Å². The van der Waals surface area contributed by atoms with E-state index >= 15 is 0 Å². The molecule has 0 aliphatic carbocycles. The molecule has 1 aromatic heterocycles. The van der Waals surface area contributed by atoms with Crippen LogP contribution < -0.4 is 4.90 Å². The molecule has 0 spiro atoms. The zero-order chi connectivity index (χ0) is 32.0. The fourth-order valence-corrected chi connectivity index (χ4v) is 6.82. The molecule has 0 radical (unpaired) electrons. The Morgan fingerprint density at radius 1 is 0.955 bits per heavy atom. The summed E-state index contributed by atoms with van der Waals surface area (Å²) in [5.41, 5.74) is 11.9. The molecule has 1 atom stereocenters. The maximum Gasteiger partial charge on any atom is 0.337 e. The van der Waals surface area contributed by atoms with Gasteiger partial charge in [0, 0.05) is 55.2 Å². The maximum absolute atomic E-state index is 12.8. The maximum atomic E-state index is 12.8. The number of carboxylic acid groups (broad SMARTS) is 1. The number of carbonyl (C=O) groups is 1. The highest BCUT2D eigenvalue weighted by molar-refractivity contribution is 5.88. The molecule has 6 heteroatoms. The van der Waals surface area contributed by atoms with Gasteiger partial charge in [-0.15, -0.1) is 0 Å². The first kappa shape index (κ1) is 32.2. The van der Waals surface area contributed by atoms with Crippen LogP contribution in [0.4, 0.5) is 5.69 Å². The van der Waals surface area contributed by atoms with Crippen molar-refractivity contribution in [2.24, 2.45) is 5.41 Å². The molecule has 3 aromatic rings. The summed E-state index contributed by atoms with van der Waals surface area (Å²) in [6, 6.07) is 13.6. The Bertz CT molecular complexity index is 1540. The number of carboxylic acids is 1. The van der Waals surface area contributed by atoms with E-state index in [1.807, 2.05) is 27.7 Å². The topological polar surface area (TPSA) is 65.9 Å². The predicted molar refractivity (Wildman–Crippen MR) is 179 cm³/mol. The van der Waals surface area contributed by atoms with Crippen molar-refractivity contribution in [3.05, 3.63) is 81.2 Å². The van der Waals surface area contributed by atoms with Gasteiger partial charge >= 0.3 is 5.97 Å². The smallest absolute Gasteiger partial charge is 0.337 e. The number of pyridine rings is 1. The van der Waals surface area contributed by atoms with Crippen molar-refractivity contribution < 1.29 is 14.6 Å². The minimum absolute atomic E-state index is 0.261. The average Bonchev–Trinajstić information content (AvgIpc) is 2.93. The fourth-order valence-electron chi connectivity index (χ4n) is 6.82. The summed E-state index contributed by atoms with van der Waals surface area (Å²) in [4.78, 5) is 22.7. The van der Waals surface area contributed by atoms with Gasteiger partial charge in [-0.05, 0) is 107 Å². The summed E-state index contributed by atoms with van der Waals surface area (Å²) < 4.78 is 6.26. The quantitative estimate of drug-likeness (QED) is 0.297. The molecule has 0 saturated carbocycles. The summed E-state index contributed by atoms with van der Waals surface area (Å²) in [5.74, 6) is -0.979. The number of piperidine rings is 1. The lowest BCUT2D eigenvalue weighted by Gasteiger charge is -2.41. The molecular weight excluding hydrogens is 546 g/mol. The van der Waals surface area contributed by atoms with Crippen LogP contribution in [0, 0.1) is 33.1 Å². The molecule has 3 heterocycles. The Morgan fingerprint density at radius 3 is 2.30 bits per heavy atom. The van der Waals surface area contributed by atoms with Gasteiger partial charge in [-0.25, -0.2) is 4.79 Å². The summed E-state index contributed by atoms with van der Waals surface area (Å²) >= 11 is 0. The predicted octanol–water partition coefficient (Wildman–Crippen LogP) is 8.11. The molecule has 2 aliphatic heterocycles. The molecule has 44 heavy (non-hydrogen) atoms. The normalized spacial score (nSPS) is 17.8. The molecule has 1 N–H and O–H groups in total. The van der Waals surface area contributed by atoms with E-state index in [1.165, 1.54) is 27.8 Å². The number of aliphatic carboxylic acids is 1. The average molecular weight is 598 g/mol. The number of hydrogen-bond donors (Lipinski definition) is 1. The van der Waals surface area contributed by atoms with Crippen LogP contribution in [0.5, 0.6) is 0 Å². The van der Waals surface area contributed by atoms with E-state index in [2.05, 4.69) is 80.8 Å². The van der Waals surface area contributed by atoms with Gasteiger partial charge in [-0.2, -0.15) is 0 Å². The Hall–Kier alpha value is -3.22. The van der Waals surface area contributed by atoms with E-state index in [0.717, 1.165) is 80.2 Å². The fraction of sp³-hybridized carbons (Fsp3) is 0.526. The van der Waals surface area contributed by atoms with Crippen LogP contribution >= 0.6 is 0 Å². The van der Waals surface area contributed by atoms with E-state index < -0.39 is 17.7 Å². The number of rotatable bonds is 7. The van der Waals surface area contributed by atoms with E-state index in [9.17, 15) is 9.90 Å². The van der Waals surface area contributed by atoms with Crippen LogP contribution in [0.15, 0.2) is 36.4 Å². The van der Waals surface area contributed by atoms with Crippen molar-refractivity contribution in [1.82, 2.24) is 9.88 Å². The van der Waals surface area contributed by atoms with Crippen molar-refractivity contribution in [2.45, 2.75) is 106 Å². The highest BCUT2D eigenvalue weighted by Gasteiger charge is 2.36. The Labute approximate surface area is 264 Å². The Morgan fingerprint density at radius 2 is 1.66 bits per heavy atom. The summed E-state index contributed by atoms with van der Waals surface area (Å²) in [5, 5.41) is 10.5. The van der Waals surface area contributed by atoms with Crippen molar-refractivity contribution in [3.8, 4) is 11.1 Å². The van der Waals surface area contributed by atoms with Gasteiger partial charge in [-0.3, -0.25) is 9.88 Å². The number of aryl methyl sites for hydroxylation is 4. The Balaban J connectivity index is 1.56. The molecule has 0 amide bonds. The minimum atomic E-state index is -1.11. The Kier molecular flexibility index (Phi) is 8.99. The van der Waals surface area contributed by atoms with E-state index in [-0.39, 0.29) is 5.41 Å². The van der Waals surface area contributed by atoms with Gasteiger partial charge in [0.25, 0.3) is 0 Å². The number of aromatic nitrogens is 1. The van der Waals surface area contributed by atoms with Crippen molar-refractivity contribution in [2.75, 3.05) is 24.5 Å². The lowest BCUT2D eigenvalue weighted by molar-refractivity contribution is -0.160. The van der Waals surface area contributed by atoms with Crippen LogP contribution in [0.2, 0.25) is 0 Å². The molecule has 0 bridgehead atoms. The molecule has 2 aliphatic rings. The van der Waals surface area contributed by atoms with Gasteiger partial charge in [0.2, 0.25) is 0 Å². The van der Waals surface area contributed by atoms with Crippen LogP contribution in [-0.4, -0.2) is 46.2 Å². The lowest BCUT2D eigenvalue weighted by atomic mass is 9.81. The highest BCUT2D eigenvalue weighted by atomic mass is 16.5. The van der Waals surface area contributed by atoms with Crippen molar-refractivity contribution >= 4 is 11.7 Å². The zero-order valence-electron chi connectivity index (χ0n) is 28.3.